The number of aromatic nitrogens is 4. The van der Waals surface area contributed by atoms with Gasteiger partial charge < -0.3 is 15.6 Å². The third-order valence-electron chi connectivity index (χ3n) is 6.19. The molecule has 1 amide bonds. The highest BCUT2D eigenvalue weighted by Gasteiger charge is 2.25. The van der Waals surface area contributed by atoms with Crippen molar-refractivity contribution in [2.45, 2.75) is 44.7 Å². The van der Waals surface area contributed by atoms with Crippen LogP contribution in [-0.2, 0) is 0 Å². The number of carbonyl (C=O) groups excluding carboxylic acids is 1. The molecule has 0 saturated heterocycles. The Kier molecular flexibility index (Phi) is 6.10. The Morgan fingerprint density at radius 1 is 1.09 bits per heavy atom. The molecule has 0 bridgehead atoms. The molecule has 4 aromatic rings. The summed E-state index contributed by atoms with van der Waals surface area (Å²) in [6.07, 6.45) is 7.10. The second-order valence-electron chi connectivity index (χ2n) is 8.80. The largest absolute Gasteiger partial charge is 0.365 e. The van der Waals surface area contributed by atoms with E-state index in [9.17, 15) is 18.0 Å². The van der Waals surface area contributed by atoms with Crippen LogP contribution in [0.1, 0.15) is 41.7 Å². The second kappa shape index (κ2) is 9.36. The summed E-state index contributed by atoms with van der Waals surface area (Å²) in [7, 11) is 0. The van der Waals surface area contributed by atoms with Crippen molar-refractivity contribution in [2.75, 3.05) is 5.32 Å². The van der Waals surface area contributed by atoms with Gasteiger partial charge in [-0.2, -0.15) is 0 Å². The number of hydrogen-bond acceptors (Lipinski definition) is 5. The van der Waals surface area contributed by atoms with Crippen LogP contribution in [-0.4, -0.2) is 37.9 Å². The molecule has 1 aromatic carbocycles. The number of amides is 1. The molecule has 0 radical (unpaired) electrons. The van der Waals surface area contributed by atoms with Crippen LogP contribution in [0.15, 0.2) is 42.9 Å². The number of aromatic amines is 1. The molecule has 7 nitrogen and oxygen atoms in total. The Labute approximate surface area is 199 Å². The first-order valence-electron chi connectivity index (χ1n) is 11.4. The topological polar surface area (TPSA) is 95.6 Å². The summed E-state index contributed by atoms with van der Waals surface area (Å²) in [6.45, 7) is 1.90. The molecule has 3 aromatic heterocycles. The number of aryl methyl sites for hydroxylation is 1. The van der Waals surface area contributed by atoms with E-state index in [1.807, 2.05) is 13.0 Å². The maximum Gasteiger partial charge on any atom is 0.270 e. The number of fused-ring (bicyclic) bond motifs is 1. The van der Waals surface area contributed by atoms with Gasteiger partial charge in [0.25, 0.3) is 5.91 Å². The maximum atomic E-state index is 14.6. The van der Waals surface area contributed by atoms with Crippen molar-refractivity contribution in [2.24, 2.45) is 0 Å². The van der Waals surface area contributed by atoms with Crippen molar-refractivity contribution >= 4 is 22.6 Å². The van der Waals surface area contributed by atoms with Gasteiger partial charge in [0.15, 0.2) is 17.5 Å². The van der Waals surface area contributed by atoms with E-state index in [0.717, 1.165) is 37.1 Å². The van der Waals surface area contributed by atoms with Gasteiger partial charge in [0.05, 0.1) is 11.7 Å². The zero-order valence-electron chi connectivity index (χ0n) is 18.9. The van der Waals surface area contributed by atoms with E-state index in [4.69, 9.17) is 0 Å². The van der Waals surface area contributed by atoms with Crippen molar-refractivity contribution in [3.05, 3.63) is 71.6 Å². The third kappa shape index (κ3) is 4.82. The highest BCUT2D eigenvalue weighted by atomic mass is 19.1. The summed E-state index contributed by atoms with van der Waals surface area (Å²) in [5.74, 6) is -2.21. The van der Waals surface area contributed by atoms with Crippen molar-refractivity contribution in [1.82, 2.24) is 25.3 Å². The number of pyridine rings is 1. The normalized spacial score (nSPS) is 17.9. The summed E-state index contributed by atoms with van der Waals surface area (Å²) in [4.78, 5) is 27.8. The SMILES string of the molecule is Cc1ccnc(C(=O)N[C@@H]2CCC[C@H](Nc3nc(-c4c[nH]c5c(F)cc(F)cc45)ncc3F)C2)c1. The fourth-order valence-corrected chi connectivity index (χ4v) is 4.50. The molecule has 0 aliphatic heterocycles. The van der Waals surface area contributed by atoms with Gasteiger partial charge in [-0.25, -0.2) is 23.1 Å². The van der Waals surface area contributed by atoms with Crippen LogP contribution in [0.5, 0.6) is 0 Å². The van der Waals surface area contributed by atoms with Gasteiger partial charge in [-0.3, -0.25) is 9.78 Å². The number of halogens is 3. The van der Waals surface area contributed by atoms with Crippen LogP contribution < -0.4 is 10.6 Å². The Morgan fingerprint density at radius 3 is 2.74 bits per heavy atom. The molecule has 10 heteroatoms. The quantitative estimate of drug-likeness (QED) is 0.378. The molecule has 0 unspecified atom stereocenters. The highest BCUT2D eigenvalue weighted by molar-refractivity contribution is 5.94. The summed E-state index contributed by atoms with van der Waals surface area (Å²) in [5, 5.41) is 6.41. The van der Waals surface area contributed by atoms with Gasteiger partial charge in [0.2, 0.25) is 0 Å². The van der Waals surface area contributed by atoms with Crippen LogP contribution in [0.3, 0.4) is 0 Å². The average molecular weight is 480 g/mol. The first-order valence-corrected chi connectivity index (χ1v) is 11.4. The molecule has 1 saturated carbocycles. The van der Waals surface area contributed by atoms with Crippen LogP contribution in [0.25, 0.3) is 22.3 Å². The maximum absolute atomic E-state index is 14.6. The van der Waals surface area contributed by atoms with Gasteiger partial charge in [-0.15, -0.1) is 0 Å². The number of nitrogens with one attached hydrogen (secondary N) is 3. The van der Waals surface area contributed by atoms with Crippen LogP contribution in [0.2, 0.25) is 0 Å². The van der Waals surface area contributed by atoms with E-state index in [0.29, 0.717) is 17.7 Å². The zero-order valence-corrected chi connectivity index (χ0v) is 18.9. The first-order chi connectivity index (χ1) is 16.9. The third-order valence-corrected chi connectivity index (χ3v) is 6.19. The number of benzene rings is 1. The summed E-state index contributed by atoms with van der Waals surface area (Å²) in [6, 6.07) is 5.30. The minimum absolute atomic E-state index is 0.00134. The predicted octanol–water partition coefficient (Wildman–Crippen LogP) is 4.90. The lowest BCUT2D eigenvalue weighted by atomic mass is 9.91. The van der Waals surface area contributed by atoms with E-state index in [1.54, 1.807) is 12.3 Å². The van der Waals surface area contributed by atoms with Crippen LogP contribution >= 0.6 is 0 Å². The lowest BCUT2D eigenvalue weighted by Crippen LogP contribution is -2.42. The second-order valence-corrected chi connectivity index (χ2v) is 8.80. The van der Waals surface area contributed by atoms with Gasteiger partial charge in [-0.05, 0) is 56.4 Å². The lowest BCUT2D eigenvalue weighted by molar-refractivity contribution is 0.0921. The van der Waals surface area contributed by atoms with Gasteiger partial charge in [-0.1, -0.05) is 0 Å². The lowest BCUT2D eigenvalue weighted by Gasteiger charge is -2.30. The Balaban J connectivity index is 1.32. The van der Waals surface area contributed by atoms with Crippen molar-refractivity contribution in [3.63, 3.8) is 0 Å². The van der Waals surface area contributed by atoms with Crippen LogP contribution in [0, 0.1) is 24.4 Å². The van der Waals surface area contributed by atoms with Gasteiger partial charge in [0, 0.05) is 41.5 Å². The average Bonchev–Trinajstić information content (AvgIpc) is 3.25. The molecule has 180 valence electrons. The van der Waals surface area contributed by atoms with Crippen molar-refractivity contribution in [3.8, 4) is 11.4 Å². The molecule has 3 N–H and O–H groups in total. The Bertz CT molecular complexity index is 1410. The fourth-order valence-electron chi connectivity index (χ4n) is 4.50. The minimum Gasteiger partial charge on any atom is -0.365 e. The first kappa shape index (κ1) is 22.8. The number of H-pyrrole nitrogens is 1. The van der Waals surface area contributed by atoms with E-state index >= 15 is 0 Å². The number of carbonyl (C=O) groups is 1. The van der Waals surface area contributed by atoms with Gasteiger partial charge in [0.1, 0.15) is 17.3 Å². The van der Waals surface area contributed by atoms with Crippen molar-refractivity contribution in [1.29, 1.82) is 0 Å². The molecule has 0 spiro atoms. The number of nitrogens with zero attached hydrogens (tertiary/aromatic N) is 3. The van der Waals surface area contributed by atoms with E-state index in [2.05, 4.69) is 30.6 Å². The molecule has 35 heavy (non-hydrogen) atoms. The molecule has 1 fully saturated rings. The summed E-state index contributed by atoms with van der Waals surface area (Å²) < 4.78 is 42.4. The summed E-state index contributed by atoms with van der Waals surface area (Å²) in [5.41, 5.74) is 1.79. The zero-order chi connectivity index (χ0) is 24.5. The molecule has 3 heterocycles. The van der Waals surface area contributed by atoms with Gasteiger partial charge >= 0.3 is 0 Å². The predicted molar refractivity (Wildman–Crippen MR) is 125 cm³/mol. The van der Waals surface area contributed by atoms with E-state index < -0.39 is 17.5 Å². The Morgan fingerprint density at radius 2 is 1.91 bits per heavy atom. The van der Waals surface area contributed by atoms with E-state index in [-0.39, 0.29) is 40.5 Å². The number of hydrogen-bond donors (Lipinski definition) is 3. The molecule has 1 aliphatic rings. The van der Waals surface area contributed by atoms with E-state index in [1.165, 1.54) is 12.3 Å². The molecular weight excluding hydrogens is 457 g/mol. The minimum atomic E-state index is -0.733. The number of rotatable bonds is 5. The van der Waals surface area contributed by atoms with Crippen molar-refractivity contribution < 1.29 is 18.0 Å². The monoisotopic (exact) mass is 480 g/mol. The number of anilines is 1. The smallest absolute Gasteiger partial charge is 0.270 e. The fraction of sp³-hybridized carbons (Fsp3) is 0.280. The van der Waals surface area contributed by atoms with Crippen LogP contribution in [0.4, 0.5) is 19.0 Å². The standard InChI is InChI=1S/C25H23F3N6O/c1-13-5-6-29-21(7-13)25(35)33-16-4-2-3-15(10-16)32-24-20(28)12-31-23(34-24)18-11-30-22-17(18)8-14(26)9-19(22)27/h5-9,11-12,15-16,30H,2-4,10H2,1H3,(H,33,35)(H,31,32,34)/t15-,16+/m0/s1. The Hall–Kier alpha value is -3.95. The highest BCUT2D eigenvalue weighted by Crippen LogP contribution is 2.30. The molecule has 1 aliphatic carbocycles. The molecule has 2 atom stereocenters. The molecular formula is C25H23F3N6O. The molecule has 5 rings (SSSR count). The summed E-state index contributed by atoms with van der Waals surface area (Å²) >= 11 is 0.